The predicted molar refractivity (Wildman–Crippen MR) is 254 cm³/mol. The zero-order valence-electron chi connectivity index (χ0n) is 33.5. The van der Waals surface area contributed by atoms with E-state index >= 15 is 0 Å². The number of fused-ring (bicyclic) bond motifs is 7. The average Bonchev–Trinajstić information content (AvgIpc) is 3.91. The van der Waals surface area contributed by atoms with Gasteiger partial charge >= 0.3 is 0 Å². The zero-order chi connectivity index (χ0) is 41.0. The SMILES string of the molecule is c1ccc(-c2ccc(-c3nc(-c4ccc(-c5ccccc5)cc4)nc(-c4ccccc4-n4c5ccccc5c5c6oc7c(-c8ccccc8)cccc7c6ccc54)n3)cc2)cc1. The van der Waals surface area contributed by atoms with Gasteiger partial charge in [-0.25, -0.2) is 15.0 Å². The number of benzene rings is 9. The number of aromatic nitrogens is 4. The fourth-order valence-electron chi connectivity index (χ4n) is 8.91. The number of nitrogens with zero attached hydrogens (tertiary/aromatic N) is 4. The first-order valence-electron chi connectivity index (χ1n) is 20.9. The molecule has 0 fully saturated rings. The van der Waals surface area contributed by atoms with Crippen molar-refractivity contribution in [2.45, 2.75) is 0 Å². The molecule has 5 heteroatoms. The van der Waals surface area contributed by atoms with Gasteiger partial charge in [-0.1, -0.05) is 188 Å². The van der Waals surface area contributed by atoms with Crippen molar-refractivity contribution in [3.8, 4) is 73.2 Å². The van der Waals surface area contributed by atoms with Crippen LogP contribution in [-0.4, -0.2) is 19.5 Å². The Morgan fingerprint density at radius 1 is 0.290 bits per heavy atom. The van der Waals surface area contributed by atoms with Crippen molar-refractivity contribution in [3.05, 3.63) is 218 Å². The maximum absolute atomic E-state index is 6.98. The highest BCUT2D eigenvalue weighted by atomic mass is 16.3. The fourth-order valence-corrected chi connectivity index (χ4v) is 8.91. The van der Waals surface area contributed by atoms with Crippen molar-refractivity contribution in [1.29, 1.82) is 0 Å². The lowest BCUT2D eigenvalue weighted by Gasteiger charge is -2.14. The highest BCUT2D eigenvalue weighted by Gasteiger charge is 2.23. The number of rotatable bonds is 7. The number of para-hydroxylation sites is 3. The van der Waals surface area contributed by atoms with Gasteiger partial charge in [0, 0.05) is 38.4 Å². The summed E-state index contributed by atoms with van der Waals surface area (Å²) < 4.78 is 9.31. The molecule has 62 heavy (non-hydrogen) atoms. The fraction of sp³-hybridized carbons (Fsp3) is 0. The highest BCUT2D eigenvalue weighted by molar-refractivity contribution is 6.24. The van der Waals surface area contributed by atoms with Gasteiger partial charge < -0.3 is 8.98 Å². The first-order chi connectivity index (χ1) is 30.7. The summed E-state index contributed by atoms with van der Waals surface area (Å²) >= 11 is 0. The average molecular weight is 793 g/mol. The first kappa shape index (κ1) is 35.5. The van der Waals surface area contributed by atoms with Crippen LogP contribution in [0.15, 0.2) is 223 Å². The van der Waals surface area contributed by atoms with Crippen LogP contribution >= 0.6 is 0 Å². The van der Waals surface area contributed by atoms with Crippen LogP contribution in [0, 0.1) is 0 Å². The summed E-state index contributed by atoms with van der Waals surface area (Å²) in [6.45, 7) is 0. The van der Waals surface area contributed by atoms with E-state index < -0.39 is 0 Å². The van der Waals surface area contributed by atoms with Gasteiger partial charge in [0.05, 0.1) is 22.1 Å². The Balaban J connectivity index is 1.05. The van der Waals surface area contributed by atoms with Crippen molar-refractivity contribution in [2.24, 2.45) is 0 Å². The highest BCUT2D eigenvalue weighted by Crippen LogP contribution is 2.44. The molecule has 12 rings (SSSR count). The van der Waals surface area contributed by atoms with Crippen molar-refractivity contribution in [3.63, 3.8) is 0 Å². The van der Waals surface area contributed by atoms with Crippen LogP contribution in [-0.2, 0) is 0 Å². The van der Waals surface area contributed by atoms with Crippen LogP contribution < -0.4 is 0 Å². The van der Waals surface area contributed by atoms with Gasteiger partial charge in [-0.15, -0.1) is 0 Å². The maximum atomic E-state index is 6.98. The molecular formula is C57H36N4O. The molecule has 3 heterocycles. The molecule has 0 spiro atoms. The van der Waals surface area contributed by atoms with Crippen LogP contribution in [0.25, 0.3) is 117 Å². The molecule has 0 bridgehead atoms. The third-order valence-corrected chi connectivity index (χ3v) is 11.9. The molecule has 0 atom stereocenters. The minimum atomic E-state index is 0.586. The van der Waals surface area contributed by atoms with E-state index in [4.69, 9.17) is 19.4 Å². The van der Waals surface area contributed by atoms with Gasteiger partial charge in [-0.2, -0.15) is 0 Å². The van der Waals surface area contributed by atoms with E-state index in [9.17, 15) is 0 Å². The van der Waals surface area contributed by atoms with E-state index in [1.807, 2.05) is 18.2 Å². The summed E-state index contributed by atoms with van der Waals surface area (Å²) in [5.41, 5.74) is 14.3. The van der Waals surface area contributed by atoms with Gasteiger partial charge in [0.1, 0.15) is 11.2 Å². The van der Waals surface area contributed by atoms with Crippen LogP contribution in [0.3, 0.4) is 0 Å². The van der Waals surface area contributed by atoms with Gasteiger partial charge in [0.2, 0.25) is 0 Å². The minimum absolute atomic E-state index is 0.586. The molecule has 5 nitrogen and oxygen atoms in total. The lowest BCUT2D eigenvalue weighted by Crippen LogP contribution is -2.03. The lowest BCUT2D eigenvalue weighted by atomic mass is 10.0. The smallest absolute Gasteiger partial charge is 0.166 e. The first-order valence-corrected chi connectivity index (χ1v) is 20.9. The molecule has 0 saturated heterocycles. The van der Waals surface area contributed by atoms with E-state index in [-0.39, 0.29) is 0 Å². The molecular weight excluding hydrogens is 757 g/mol. The lowest BCUT2D eigenvalue weighted by molar-refractivity contribution is 0.674. The van der Waals surface area contributed by atoms with Crippen LogP contribution in [0.1, 0.15) is 0 Å². The normalized spacial score (nSPS) is 11.5. The van der Waals surface area contributed by atoms with Gasteiger partial charge in [-0.3, -0.25) is 0 Å². The molecule has 9 aromatic carbocycles. The summed E-state index contributed by atoms with van der Waals surface area (Å²) in [6, 6.07) is 76.1. The summed E-state index contributed by atoms with van der Waals surface area (Å²) in [5.74, 6) is 1.79. The summed E-state index contributed by atoms with van der Waals surface area (Å²) in [4.78, 5) is 15.7. The molecule has 0 radical (unpaired) electrons. The second-order valence-corrected chi connectivity index (χ2v) is 15.5. The Bertz CT molecular complexity index is 3490. The molecule has 3 aromatic heterocycles. The van der Waals surface area contributed by atoms with Crippen molar-refractivity contribution in [1.82, 2.24) is 19.5 Å². The predicted octanol–water partition coefficient (Wildman–Crippen LogP) is 14.9. The Hall–Kier alpha value is -8.41. The summed E-state index contributed by atoms with van der Waals surface area (Å²) in [5, 5.41) is 4.36. The Kier molecular flexibility index (Phi) is 8.42. The minimum Gasteiger partial charge on any atom is -0.455 e. The molecule has 0 saturated carbocycles. The van der Waals surface area contributed by atoms with Gasteiger partial charge in [-0.05, 0) is 58.1 Å². The Morgan fingerprint density at radius 3 is 1.40 bits per heavy atom. The van der Waals surface area contributed by atoms with Gasteiger partial charge in [0.25, 0.3) is 0 Å². The zero-order valence-corrected chi connectivity index (χ0v) is 33.5. The van der Waals surface area contributed by atoms with Crippen LogP contribution in [0.2, 0.25) is 0 Å². The van der Waals surface area contributed by atoms with E-state index in [1.165, 1.54) is 0 Å². The topological polar surface area (TPSA) is 56.7 Å². The number of furan rings is 1. The van der Waals surface area contributed by atoms with E-state index in [0.29, 0.717) is 17.5 Å². The molecule has 12 aromatic rings. The standard InChI is InChI=1S/C57H36N4O/c1-4-15-37(16-5-1)39-27-31-42(32-28-39)55-58-56(43-33-29-40(30-34-43)38-17-6-2-7-18-38)60-57(59-55)48-22-11-13-26-50(48)61-49-25-12-10-21-47(49)52-51(61)36-35-46-45-24-14-23-44(53(45)62-54(46)52)41-19-8-3-9-20-41/h1-36H. The van der Waals surface area contributed by atoms with Crippen LogP contribution in [0.4, 0.5) is 0 Å². The summed E-state index contributed by atoms with van der Waals surface area (Å²) in [6.07, 6.45) is 0. The van der Waals surface area contributed by atoms with E-state index in [0.717, 1.165) is 99.5 Å². The Labute approximate surface area is 357 Å². The largest absolute Gasteiger partial charge is 0.455 e. The Morgan fingerprint density at radius 2 is 0.758 bits per heavy atom. The van der Waals surface area contributed by atoms with Crippen molar-refractivity contribution < 1.29 is 4.42 Å². The van der Waals surface area contributed by atoms with Crippen molar-refractivity contribution in [2.75, 3.05) is 0 Å². The second kappa shape index (κ2) is 14.7. The third kappa shape index (κ3) is 5.98. The van der Waals surface area contributed by atoms with E-state index in [1.54, 1.807) is 0 Å². The van der Waals surface area contributed by atoms with Gasteiger partial charge in [0.15, 0.2) is 17.5 Å². The third-order valence-electron chi connectivity index (χ3n) is 11.9. The van der Waals surface area contributed by atoms with E-state index in [2.05, 4.69) is 205 Å². The molecule has 0 aliphatic carbocycles. The quantitative estimate of drug-likeness (QED) is 0.161. The van der Waals surface area contributed by atoms with Crippen molar-refractivity contribution >= 4 is 43.7 Å². The van der Waals surface area contributed by atoms with Crippen LogP contribution in [0.5, 0.6) is 0 Å². The molecule has 0 amide bonds. The molecule has 0 aliphatic rings. The molecule has 0 unspecified atom stereocenters. The number of hydrogen-bond donors (Lipinski definition) is 0. The monoisotopic (exact) mass is 792 g/mol. The number of hydrogen-bond acceptors (Lipinski definition) is 4. The molecule has 0 aliphatic heterocycles. The second-order valence-electron chi connectivity index (χ2n) is 15.5. The molecule has 290 valence electrons. The maximum Gasteiger partial charge on any atom is 0.166 e. The summed E-state index contributed by atoms with van der Waals surface area (Å²) in [7, 11) is 0. The molecule has 0 N–H and O–H groups in total.